The molecule has 32 heavy (non-hydrogen) atoms. The molecule has 0 spiro atoms. The molecule has 164 valence electrons. The van der Waals surface area contributed by atoms with Gasteiger partial charge in [-0.3, -0.25) is 9.59 Å². The first-order chi connectivity index (χ1) is 15.5. The van der Waals surface area contributed by atoms with E-state index in [1.54, 1.807) is 20.1 Å². The van der Waals surface area contributed by atoms with Crippen LogP contribution in [0.2, 0.25) is 0 Å². The molecule has 0 bridgehead atoms. The molecule has 0 saturated heterocycles. The minimum absolute atomic E-state index is 0.0153. The number of ether oxygens (including phenoxy) is 1. The number of rotatable bonds is 5. The summed E-state index contributed by atoms with van der Waals surface area (Å²) >= 11 is 0. The highest BCUT2D eigenvalue weighted by molar-refractivity contribution is 6.08. The summed E-state index contributed by atoms with van der Waals surface area (Å²) in [4.78, 5) is 30.2. The van der Waals surface area contributed by atoms with E-state index >= 15 is 0 Å². The van der Waals surface area contributed by atoms with Crippen molar-refractivity contribution in [2.45, 2.75) is 38.8 Å². The molecule has 0 N–H and O–H groups in total. The van der Waals surface area contributed by atoms with Crippen LogP contribution in [0, 0.1) is 0 Å². The van der Waals surface area contributed by atoms with Crippen LogP contribution in [0.25, 0.3) is 0 Å². The molecule has 0 unspecified atom stereocenters. The normalized spacial score (nSPS) is 17.4. The van der Waals surface area contributed by atoms with Gasteiger partial charge in [0.15, 0.2) is 0 Å². The van der Waals surface area contributed by atoms with Crippen LogP contribution in [0.15, 0.2) is 78.9 Å². The first-order valence-corrected chi connectivity index (χ1v) is 11.0. The van der Waals surface area contributed by atoms with E-state index in [2.05, 4.69) is 6.92 Å². The quantitative estimate of drug-likeness (QED) is 0.530. The van der Waals surface area contributed by atoms with E-state index in [1.165, 1.54) is 0 Å². The Balaban J connectivity index is 1.80. The van der Waals surface area contributed by atoms with Crippen LogP contribution >= 0.6 is 0 Å². The van der Waals surface area contributed by atoms with Crippen LogP contribution in [0.4, 0.5) is 11.4 Å². The molecule has 5 nitrogen and oxygen atoms in total. The van der Waals surface area contributed by atoms with E-state index in [4.69, 9.17) is 4.74 Å². The summed E-state index contributed by atoms with van der Waals surface area (Å²) in [5.74, 6) is 0.577. The minimum atomic E-state index is -0.148. The molecule has 2 atom stereocenters. The first-order valence-electron chi connectivity index (χ1n) is 11.0. The molecule has 4 rings (SSSR count). The third kappa shape index (κ3) is 3.98. The maximum Gasteiger partial charge on any atom is 0.258 e. The van der Waals surface area contributed by atoms with Crippen molar-refractivity contribution in [2.24, 2.45) is 0 Å². The largest absolute Gasteiger partial charge is 0.497 e. The molecule has 3 aromatic rings. The average Bonchev–Trinajstić information content (AvgIpc) is 2.84. The monoisotopic (exact) mass is 428 g/mol. The van der Waals surface area contributed by atoms with Crippen LogP contribution in [0.5, 0.6) is 5.75 Å². The van der Waals surface area contributed by atoms with E-state index in [-0.39, 0.29) is 23.9 Å². The summed E-state index contributed by atoms with van der Waals surface area (Å²) in [5.41, 5.74) is 3.28. The molecular formula is C27H28N2O3. The Labute approximate surface area is 189 Å². The summed E-state index contributed by atoms with van der Waals surface area (Å²) in [6.45, 7) is 3.69. The lowest BCUT2D eigenvalue weighted by Gasteiger charge is -2.44. The maximum absolute atomic E-state index is 13.7. The van der Waals surface area contributed by atoms with E-state index in [9.17, 15) is 9.59 Å². The van der Waals surface area contributed by atoms with Gasteiger partial charge in [0.1, 0.15) is 5.75 Å². The number of para-hydroxylation sites is 2. The second kappa shape index (κ2) is 9.27. The highest BCUT2D eigenvalue weighted by Gasteiger charge is 2.39. The van der Waals surface area contributed by atoms with Crippen LogP contribution < -0.4 is 14.5 Å². The Morgan fingerprint density at radius 3 is 2.41 bits per heavy atom. The van der Waals surface area contributed by atoms with Gasteiger partial charge in [0.2, 0.25) is 5.91 Å². The number of fused-ring (bicyclic) bond motifs is 1. The van der Waals surface area contributed by atoms with E-state index < -0.39 is 0 Å². The zero-order valence-electron chi connectivity index (χ0n) is 18.7. The molecule has 1 aliphatic heterocycles. The average molecular weight is 429 g/mol. The predicted molar refractivity (Wildman–Crippen MR) is 127 cm³/mol. The van der Waals surface area contributed by atoms with Gasteiger partial charge in [0.05, 0.1) is 13.2 Å². The van der Waals surface area contributed by atoms with Crippen molar-refractivity contribution in [3.63, 3.8) is 0 Å². The van der Waals surface area contributed by atoms with Gasteiger partial charge in [0.25, 0.3) is 5.91 Å². The Kier molecular flexibility index (Phi) is 6.26. The Hall–Kier alpha value is -3.60. The van der Waals surface area contributed by atoms with Crippen molar-refractivity contribution >= 4 is 23.2 Å². The molecule has 0 saturated carbocycles. The standard InChI is InChI=1S/C27H28N2O3/c1-4-21-18-26(28(19(2)30)22-12-6-5-7-13-22)24-15-8-9-16-25(24)29(21)27(31)20-11-10-14-23(17-20)32-3/h5-17,21,26H,4,18H2,1-3H3/t21-,26+/m0/s1. The fraction of sp³-hybridized carbons (Fsp3) is 0.259. The third-order valence-electron chi connectivity index (χ3n) is 6.11. The first kappa shape index (κ1) is 21.6. The fourth-order valence-electron chi connectivity index (χ4n) is 4.61. The zero-order chi connectivity index (χ0) is 22.7. The fourth-order valence-corrected chi connectivity index (χ4v) is 4.61. The summed E-state index contributed by atoms with van der Waals surface area (Å²) in [7, 11) is 1.60. The van der Waals surface area contributed by atoms with Gasteiger partial charge in [-0.2, -0.15) is 0 Å². The summed E-state index contributed by atoms with van der Waals surface area (Å²) in [5, 5.41) is 0. The number of methoxy groups -OCH3 is 1. The van der Waals surface area contributed by atoms with Gasteiger partial charge >= 0.3 is 0 Å². The van der Waals surface area contributed by atoms with Gasteiger partial charge in [-0.1, -0.05) is 49.4 Å². The molecule has 5 heteroatoms. The minimum Gasteiger partial charge on any atom is -0.497 e. The lowest BCUT2D eigenvalue weighted by atomic mass is 9.87. The number of carbonyl (C=O) groups is 2. The highest BCUT2D eigenvalue weighted by atomic mass is 16.5. The molecule has 0 aliphatic carbocycles. The number of anilines is 2. The Morgan fingerprint density at radius 2 is 1.72 bits per heavy atom. The lowest BCUT2D eigenvalue weighted by molar-refractivity contribution is -0.117. The number of hydrogen-bond acceptors (Lipinski definition) is 3. The van der Waals surface area contributed by atoms with E-state index in [1.807, 2.05) is 82.6 Å². The van der Waals surface area contributed by atoms with E-state index in [0.717, 1.165) is 23.4 Å². The van der Waals surface area contributed by atoms with Crippen molar-refractivity contribution in [1.82, 2.24) is 0 Å². The predicted octanol–water partition coefficient (Wildman–Crippen LogP) is 5.62. The SMILES string of the molecule is CC[C@H]1C[C@@H](N(C(C)=O)c2ccccc2)c2ccccc2N1C(=O)c1cccc(OC)c1. The van der Waals surface area contributed by atoms with Gasteiger partial charge in [-0.15, -0.1) is 0 Å². The van der Waals surface area contributed by atoms with Gasteiger partial charge in [-0.25, -0.2) is 0 Å². The van der Waals surface area contributed by atoms with Crippen LogP contribution in [0.1, 0.15) is 48.7 Å². The number of hydrogen-bond donors (Lipinski definition) is 0. The second-order valence-electron chi connectivity index (χ2n) is 8.00. The topological polar surface area (TPSA) is 49.9 Å². The van der Waals surface area contributed by atoms with Gasteiger partial charge in [0, 0.05) is 29.9 Å². The number of carbonyl (C=O) groups excluding carboxylic acids is 2. The van der Waals surface area contributed by atoms with Crippen molar-refractivity contribution in [1.29, 1.82) is 0 Å². The number of nitrogens with zero attached hydrogens (tertiary/aromatic N) is 2. The van der Waals surface area contributed by atoms with Crippen molar-refractivity contribution in [2.75, 3.05) is 16.9 Å². The van der Waals surface area contributed by atoms with Crippen molar-refractivity contribution in [3.8, 4) is 5.75 Å². The summed E-state index contributed by atoms with van der Waals surface area (Å²) in [6, 6.07) is 24.7. The summed E-state index contributed by atoms with van der Waals surface area (Å²) in [6.07, 6.45) is 1.44. The van der Waals surface area contributed by atoms with Crippen LogP contribution in [-0.2, 0) is 4.79 Å². The Morgan fingerprint density at radius 1 is 1.00 bits per heavy atom. The molecular weight excluding hydrogens is 400 g/mol. The number of amides is 2. The summed E-state index contributed by atoms with van der Waals surface area (Å²) < 4.78 is 5.32. The van der Waals surface area contributed by atoms with E-state index in [0.29, 0.717) is 17.7 Å². The van der Waals surface area contributed by atoms with Crippen LogP contribution in [-0.4, -0.2) is 25.0 Å². The second-order valence-corrected chi connectivity index (χ2v) is 8.00. The molecule has 1 aliphatic rings. The van der Waals surface area contributed by atoms with Crippen molar-refractivity contribution < 1.29 is 14.3 Å². The highest BCUT2D eigenvalue weighted by Crippen LogP contribution is 2.43. The van der Waals surface area contributed by atoms with Gasteiger partial charge in [-0.05, 0) is 54.8 Å². The molecule has 0 aromatic heterocycles. The molecule has 0 fully saturated rings. The van der Waals surface area contributed by atoms with Crippen LogP contribution in [0.3, 0.4) is 0 Å². The third-order valence-corrected chi connectivity index (χ3v) is 6.11. The molecule has 3 aromatic carbocycles. The lowest BCUT2D eigenvalue weighted by Crippen LogP contribution is -2.48. The maximum atomic E-state index is 13.7. The number of benzene rings is 3. The molecule has 2 amide bonds. The van der Waals surface area contributed by atoms with Crippen molar-refractivity contribution in [3.05, 3.63) is 90.0 Å². The van der Waals surface area contributed by atoms with Gasteiger partial charge < -0.3 is 14.5 Å². The zero-order valence-corrected chi connectivity index (χ0v) is 18.7. The molecule has 1 heterocycles. The molecule has 0 radical (unpaired) electrons. The smallest absolute Gasteiger partial charge is 0.258 e. The Bertz CT molecular complexity index is 1110.